The monoisotopic (exact) mass is 477 g/mol. The molecule has 0 amide bonds. The van der Waals surface area contributed by atoms with Gasteiger partial charge in [0.2, 0.25) is 0 Å². The second-order valence-electron chi connectivity index (χ2n) is 5.31. The van der Waals surface area contributed by atoms with Crippen LogP contribution in [0.4, 0.5) is 0 Å². The third-order valence-electron chi connectivity index (χ3n) is 3.72. The van der Waals surface area contributed by atoms with Crippen LogP contribution in [0.3, 0.4) is 0 Å². The number of ether oxygens (including phenoxy) is 1. The number of nitrogens with zero attached hydrogens (tertiary/aromatic N) is 1. The van der Waals surface area contributed by atoms with Crippen molar-refractivity contribution < 1.29 is 4.74 Å². The number of benzene rings is 2. The number of nitrogens with two attached hydrogens (primary N) is 1. The Bertz CT molecular complexity index is 740. The first-order valence-corrected chi connectivity index (χ1v) is 8.11. The fourth-order valence-electron chi connectivity index (χ4n) is 2.54. The van der Waals surface area contributed by atoms with Crippen molar-refractivity contribution >= 4 is 53.1 Å². The zero-order chi connectivity index (χ0) is 16.2. The standard InChI is InChI=1S/C17H17Cl2N3O.HI/c18-12-6-5-11(14(19)9-12)10-21-17(20)22-15-7-8-23-16-4-2-1-3-13(15)16;/h1-6,9,15H,7-8,10H2,(H3,20,21,22);1H. The highest BCUT2D eigenvalue weighted by Crippen LogP contribution is 2.31. The number of halogens is 3. The third kappa shape index (κ3) is 4.68. The van der Waals surface area contributed by atoms with Gasteiger partial charge in [-0.1, -0.05) is 47.5 Å². The van der Waals surface area contributed by atoms with Crippen molar-refractivity contribution in [2.24, 2.45) is 10.7 Å². The topological polar surface area (TPSA) is 59.6 Å². The number of para-hydroxylation sites is 1. The third-order valence-corrected chi connectivity index (χ3v) is 4.30. The maximum Gasteiger partial charge on any atom is 0.189 e. The molecule has 0 saturated carbocycles. The van der Waals surface area contributed by atoms with E-state index in [1.807, 2.05) is 30.3 Å². The smallest absolute Gasteiger partial charge is 0.189 e. The predicted octanol–water partition coefficient (Wildman–Crippen LogP) is 4.54. The molecule has 2 aromatic carbocycles. The van der Waals surface area contributed by atoms with Crippen molar-refractivity contribution in [3.63, 3.8) is 0 Å². The highest BCUT2D eigenvalue weighted by Gasteiger charge is 2.21. The van der Waals surface area contributed by atoms with Gasteiger partial charge in [0.15, 0.2) is 5.96 Å². The van der Waals surface area contributed by atoms with E-state index in [1.165, 1.54) is 0 Å². The van der Waals surface area contributed by atoms with E-state index in [0.717, 1.165) is 23.3 Å². The lowest BCUT2D eigenvalue weighted by Crippen LogP contribution is -2.37. The fourth-order valence-corrected chi connectivity index (χ4v) is 3.00. The van der Waals surface area contributed by atoms with Gasteiger partial charge in [-0.3, -0.25) is 0 Å². The van der Waals surface area contributed by atoms with Gasteiger partial charge in [0, 0.05) is 22.0 Å². The van der Waals surface area contributed by atoms with Gasteiger partial charge in [0.1, 0.15) is 5.75 Å². The minimum absolute atomic E-state index is 0. The van der Waals surface area contributed by atoms with Crippen LogP contribution in [-0.2, 0) is 6.54 Å². The Labute approximate surface area is 168 Å². The minimum Gasteiger partial charge on any atom is -0.493 e. The Morgan fingerprint density at radius 2 is 2.04 bits per heavy atom. The molecule has 3 rings (SSSR count). The number of aliphatic imine (C=N–C) groups is 1. The SMILES string of the molecule is I.NC(=NCc1ccc(Cl)cc1Cl)NC1CCOc2ccccc21. The summed E-state index contributed by atoms with van der Waals surface area (Å²) in [6, 6.07) is 13.4. The van der Waals surface area contributed by atoms with Gasteiger partial charge < -0.3 is 15.8 Å². The number of guanidine groups is 1. The quantitative estimate of drug-likeness (QED) is 0.387. The zero-order valence-corrected chi connectivity index (χ0v) is 16.7. The second kappa shape index (κ2) is 8.78. The molecule has 1 unspecified atom stereocenters. The number of hydrogen-bond acceptors (Lipinski definition) is 2. The molecule has 0 bridgehead atoms. The Hall–Kier alpha value is -1.18. The van der Waals surface area contributed by atoms with E-state index in [9.17, 15) is 0 Å². The second-order valence-corrected chi connectivity index (χ2v) is 6.15. The molecule has 0 saturated heterocycles. The average molecular weight is 478 g/mol. The van der Waals surface area contributed by atoms with Gasteiger partial charge in [-0.2, -0.15) is 0 Å². The van der Waals surface area contributed by atoms with Crippen LogP contribution in [0.25, 0.3) is 0 Å². The maximum absolute atomic E-state index is 6.14. The number of nitrogens with one attached hydrogen (secondary N) is 1. The Morgan fingerprint density at radius 1 is 1.25 bits per heavy atom. The summed E-state index contributed by atoms with van der Waals surface area (Å²) in [4.78, 5) is 4.37. The first-order chi connectivity index (χ1) is 11.1. The molecule has 4 nitrogen and oxygen atoms in total. The van der Waals surface area contributed by atoms with E-state index in [-0.39, 0.29) is 30.0 Å². The van der Waals surface area contributed by atoms with Crippen LogP contribution in [0.15, 0.2) is 47.5 Å². The molecule has 24 heavy (non-hydrogen) atoms. The van der Waals surface area contributed by atoms with Crippen LogP contribution >= 0.6 is 47.2 Å². The summed E-state index contributed by atoms with van der Waals surface area (Å²) in [6.45, 7) is 1.06. The molecule has 0 aromatic heterocycles. The fraction of sp³-hybridized carbons (Fsp3) is 0.235. The summed E-state index contributed by atoms with van der Waals surface area (Å²) in [5.41, 5.74) is 8.00. The van der Waals surface area contributed by atoms with Gasteiger partial charge in [0.05, 0.1) is 19.2 Å². The van der Waals surface area contributed by atoms with Gasteiger partial charge in [-0.25, -0.2) is 4.99 Å². The summed E-state index contributed by atoms with van der Waals surface area (Å²) < 4.78 is 5.64. The lowest BCUT2D eigenvalue weighted by Gasteiger charge is -2.26. The van der Waals surface area contributed by atoms with E-state index in [4.69, 9.17) is 33.7 Å². The molecular formula is C17H18Cl2IN3O. The summed E-state index contributed by atoms with van der Waals surface area (Å²) >= 11 is 12.0. The minimum atomic E-state index is 0. The molecule has 128 valence electrons. The summed E-state index contributed by atoms with van der Waals surface area (Å²) in [7, 11) is 0. The highest BCUT2D eigenvalue weighted by molar-refractivity contribution is 14.0. The van der Waals surface area contributed by atoms with Gasteiger partial charge in [0.25, 0.3) is 0 Å². The van der Waals surface area contributed by atoms with Gasteiger partial charge >= 0.3 is 0 Å². The molecule has 1 aliphatic heterocycles. The predicted molar refractivity (Wildman–Crippen MR) is 110 cm³/mol. The molecule has 1 atom stereocenters. The van der Waals surface area contributed by atoms with Crippen molar-refractivity contribution in [3.05, 3.63) is 63.6 Å². The Morgan fingerprint density at radius 3 is 2.83 bits per heavy atom. The molecule has 2 aromatic rings. The molecule has 0 spiro atoms. The van der Waals surface area contributed by atoms with Crippen LogP contribution in [0, 0.1) is 0 Å². The van der Waals surface area contributed by atoms with Crippen molar-refractivity contribution in [1.82, 2.24) is 5.32 Å². The molecular weight excluding hydrogens is 460 g/mol. The van der Waals surface area contributed by atoms with Crippen LogP contribution in [0.2, 0.25) is 10.0 Å². The Balaban J connectivity index is 0.00000208. The molecule has 0 radical (unpaired) electrons. The highest BCUT2D eigenvalue weighted by atomic mass is 127. The molecule has 1 aliphatic rings. The summed E-state index contributed by atoms with van der Waals surface area (Å²) in [5.74, 6) is 1.28. The molecule has 7 heteroatoms. The summed E-state index contributed by atoms with van der Waals surface area (Å²) in [5, 5.41) is 4.45. The number of rotatable bonds is 3. The molecule has 3 N–H and O–H groups in total. The van der Waals surface area contributed by atoms with Crippen LogP contribution in [0.1, 0.15) is 23.6 Å². The lowest BCUT2D eigenvalue weighted by atomic mass is 10.0. The number of hydrogen-bond donors (Lipinski definition) is 2. The van der Waals surface area contributed by atoms with E-state index in [2.05, 4.69) is 10.3 Å². The maximum atomic E-state index is 6.14. The van der Waals surface area contributed by atoms with Crippen molar-refractivity contribution in [1.29, 1.82) is 0 Å². The average Bonchev–Trinajstić information content (AvgIpc) is 2.54. The van der Waals surface area contributed by atoms with Crippen molar-refractivity contribution in [2.75, 3.05) is 6.61 Å². The van der Waals surface area contributed by atoms with Gasteiger partial charge in [-0.15, -0.1) is 24.0 Å². The van der Waals surface area contributed by atoms with E-state index in [1.54, 1.807) is 12.1 Å². The van der Waals surface area contributed by atoms with E-state index >= 15 is 0 Å². The van der Waals surface area contributed by atoms with Crippen LogP contribution < -0.4 is 15.8 Å². The van der Waals surface area contributed by atoms with E-state index < -0.39 is 0 Å². The van der Waals surface area contributed by atoms with Crippen molar-refractivity contribution in [2.45, 2.75) is 19.0 Å². The zero-order valence-electron chi connectivity index (χ0n) is 12.8. The molecule has 1 heterocycles. The molecule has 0 fully saturated rings. The largest absolute Gasteiger partial charge is 0.493 e. The van der Waals surface area contributed by atoms with Crippen molar-refractivity contribution in [3.8, 4) is 5.75 Å². The first kappa shape index (κ1) is 19.1. The van der Waals surface area contributed by atoms with Crippen LogP contribution in [0.5, 0.6) is 5.75 Å². The number of fused-ring (bicyclic) bond motifs is 1. The molecule has 0 aliphatic carbocycles. The van der Waals surface area contributed by atoms with Crippen LogP contribution in [-0.4, -0.2) is 12.6 Å². The normalized spacial score (nSPS) is 16.6. The Kier molecular flexibility index (Phi) is 7.01. The summed E-state index contributed by atoms with van der Waals surface area (Å²) in [6.07, 6.45) is 0.842. The van der Waals surface area contributed by atoms with Gasteiger partial charge in [-0.05, 0) is 23.8 Å². The lowest BCUT2D eigenvalue weighted by molar-refractivity contribution is 0.262. The van der Waals surface area contributed by atoms with E-state index in [0.29, 0.717) is 29.2 Å². The first-order valence-electron chi connectivity index (χ1n) is 7.35.